The molecular weight excluding hydrogens is 394 g/mol. The van der Waals surface area contributed by atoms with E-state index in [4.69, 9.17) is 0 Å². The molecular formula is C28H33N3O. The molecule has 0 bridgehead atoms. The summed E-state index contributed by atoms with van der Waals surface area (Å²) >= 11 is 0. The van der Waals surface area contributed by atoms with Crippen molar-refractivity contribution < 1.29 is 4.79 Å². The smallest absolute Gasteiger partial charge is 0.226 e. The van der Waals surface area contributed by atoms with Gasteiger partial charge >= 0.3 is 0 Å². The zero-order chi connectivity index (χ0) is 22.4. The molecule has 166 valence electrons. The van der Waals surface area contributed by atoms with Gasteiger partial charge in [-0.1, -0.05) is 54.6 Å². The average Bonchev–Trinajstić information content (AvgIpc) is 2.81. The molecule has 1 saturated heterocycles. The summed E-state index contributed by atoms with van der Waals surface area (Å²) in [6.45, 7) is 6.90. The first kappa shape index (κ1) is 22.2. The number of hydrogen-bond acceptors (Lipinski definition) is 3. The Balaban J connectivity index is 1.52. The third kappa shape index (κ3) is 5.43. The van der Waals surface area contributed by atoms with Gasteiger partial charge in [0.2, 0.25) is 5.91 Å². The van der Waals surface area contributed by atoms with Crippen molar-refractivity contribution in [1.29, 1.82) is 0 Å². The lowest BCUT2D eigenvalue weighted by Crippen LogP contribution is -2.51. The Morgan fingerprint density at radius 1 is 0.938 bits per heavy atom. The van der Waals surface area contributed by atoms with E-state index in [2.05, 4.69) is 69.8 Å². The van der Waals surface area contributed by atoms with Crippen molar-refractivity contribution in [2.45, 2.75) is 45.7 Å². The lowest BCUT2D eigenvalue weighted by Gasteiger charge is -2.41. The second-order valence-electron chi connectivity index (χ2n) is 9.28. The van der Waals surface area contributed by atoms with E-state index in [0.29, 0.717) is 0 Å². The quantitative estimate of drug-likeness (QED) is 0.571. The number of carbonyl (C=O) groups is 1. The van der Waals surface area contributed by atoms with Gasteiger partial charge in [0.15, 0.2) is 0 Å². The summed E-state index contributed by atoms with van der Waals surface area (Å²) in [5.74, 6) is 0.196. The van der Waals surface area contributed by atoms with Crippen molar-refractivity contribution in [3.8, 4) is 11.1 Å². The van der Waals surface area contributed by atoms with E-state index < -0.39 is 0 Å². The topological polar surface area (TPSA) is 45.2 Å². The van der Waals surface area contributed by atoms with Crippen LogP contribution in [0.15, 0.2) is 79.1 Å². The summed E-state index contributed by atoms with van der Waals surface area (Å²) in [5.41, 5.74) is 4.51. The van der Waals surface area contributed by atoms with Crippen LogP contribution in [0.1, 0.15) is 37.8 Å². The first-order chi connectivity index (χ1) is 15.5. The Hall–Kier alpha value is -2.98. The van der Waals surface area contributed by atoms with Gasteiger partial charge in [0.05, 0.1) is 5.41 Å². The molecule has 4 nitrogen and oxygen atoms in total. The molecule has 1 aliphatic rings. The SMILES string of the molecule is CC(C)NC(=O)C1(Cc2cccc(-c3ccncc3)c2)CCN(Cc2ccccc2)CC1. The van der Waals surface area contributed by atoms with E-state index in [1.165, 1.54) is 16.7 Å². The van der Waals surface area contributed by atoms with Crippen LogP contribution in [0, 0.1) is 5.41 Å². The maximum absolute atomic E-state index is 13.4. The van der Waals surface area contributed by atoms with Crippen LogP contribution in [0.25, 0.3) is 11.1 Å². The van der Waals surface area contributed by atoms with E-state index in [1.54, 1.807) is 0 Å². The standard InChI is InChI=1S/C28H33N3O/c1-22(2)30-27(32)28(13-17-31(18-14-28)21-23-7-4-3-5-8-23)20-24-9-6-10-26(19-24)25-11-15-29-16-12-25/h3-12,15-16,19,22H,13-14,17-18,20-21H2,1-2H3,(H,30,32). The molecule has 2 heterocycles. The number of amides is 1. The molecule has 2 aromatic carbocycles. The molecule has 4 heteroatoms. The van der Waals surface area contributed by atoms with Crippen LogP contribution in [-0.2, 0) is 17.8 Å². The van der Waals surface area contributed by atoms with Crippen LogP contribution in [-0.4, -0.2) is 34.9 Å². The zero-order valence-corrected chi connectivity index (χ0v) is 19.1. The third-order valence-corrected chi connectivity index (χ3v) is 6.45. The van der Waals surface area contributed by atoms with Crippen molar-refractivity contribution in [1.82, 2.24) is 15.2 Å². The van der Waals surface area contributed by atoms with Gasteiger partial charge in [-0.3, -0.25) is 14.7 Å². The normalized spacial score (nSPS) is 16.1. The molecule has 1 fully saturated rings. The molecule has 3 aromatic rings. The van der Waals surface area contributed by atoms with Crippen LogP contribution in [0.4, 0.5) is 0 Å². The molecule has 32 heavy (non-hydrogen) atoms. The van der Waals surface area contributed by atoms with E-state index in [9.17, 15) is 4.79 Å². The van der Waals surface area contributed by atoms with E-state index in [-0.39, 0.29) is 17.4 Å². The minimum absolute atomic E-state index is 0.143. The maximum atomic E-state index is 13.4. The van der Waals surface area contributed by atoms with Gasteiger partial charge in [-0.25, -0.2) is 0 Å². The Morgan fingerprint density at radius 3 is 2.31 bits per heavy atom. The predicted octanol–water partition coefficient (Wildman–Crippen LogP) is 5.10. The van der Waals surface area contributed by atoms with Gasteiger partial charge in [-0.05, 0) is 80.6 Å². The highest BCUT2D eigenvalue weighted by molar-refractivity contribution is 5.83. The van der Waals surface area contributed by atoms with Gasteiger partial charge in [-0.2, -0.15) is 0 Å². The van der Waals surface area contributed by atoms with E-state index in [0.717, 1.165) is 44.5 Å². The largest absolute Gasteiger partial charge is 0.353 e. The first-order valence-electron chi connectivity index (χ1n) is 11.6. The van der Waals surface area contributed by atoms with Crippen LogP contribution in [0.3, 0.4) is 0 Å². The van der Waals surface area contributed by atoms with Crippen molar-refractivity contribution in [3.05, 3.63) is 90.3 Å². The maximum Gasteiger partial charge on any atom is 0.226 e. The number of aromatic nitrogens is 1. The fourth-order valence-corrected chi connectivity index (χ4v) is 4.68. The number of hydrogen-bond donors (Lipinski definition) is 1. The molecule has 1 N–H and O–H groups in total. The number of rotatable bonds is 7. The lowest BCUT2D eigenvalue weighted by atomic mass is 9.72. The van der Waals surface area contributed by atoms with Crippen LogP contribution in [0.5, 0.6) is 0 Å². The molecule has 1 aliphatic heterocycles. The summed E-state index contributed by atoms with van der Waals surface area (Å²) in [6, 6.07) is 23.4. The first-order valence-corrected chi connectivity index (χ1v) is 11.6. The number of nitrogens with zero attached hydrogens (tertiary/aromatic N) is 2. The van der Waals surface area contributed by atoms with Crippen LogP contribution < -0.4 is 5.32 Å². The summed E-state index contributed by atoms with van der Waals surface area (Å²) in [6.07, 6.45) is 6.16. The van der Waals surface area contributed by atoms with Crippen LogP contribution >= 0.6 is 0 Å². The Kier molecular flexibility index (Phi) is 7.01. The molecule has 0 radical (unpaired) electrons. The van der Waals surface area contributed by atoms with Gasteiger partial charge in [0, 0.05) is 25.0 Å². The van der Waals surface area contributed by atoms with Gasteiger partial charge in [-0.15, -0.1) is 0 Å². The minimum atomic E-state index is -0.367. The summed E-state index contributed by atoms with van der Waals surface area (Å²) < 4.78 is 0. The second-order valence-corrected chi connectivity index (χ2v) is 9.28. The highest BCUT2D eigenvalue weighted by Gasteiger charge is 2.41. The molecule has 0 spiro atoms. The Bertz CT molecular complexity index is 1010. The molecule has 0 aliphatic carbocycles. The fourth-order valence-electron chi connectivity index (χ4n) is 4.68. The number of likely N-dealkylation sites (tertiary alicyclic amines) is 1. The number of benzene rings is 2. The van der Waals surface area contributed by atoms with Crippen molar-refractivity contribution in [3.63, 3.8) is 0 Å². The molecule has 0 unspecified atom stereocenters. The molecule has 0 atom stereocenters. The van der Waals surface area contributed by atoms with Crippen molar-refractivity contribution in [2.75, 3.05) is 13.1 Å². The second kappa shape index (κ2) is 10.1. The highest BCUT2D eigenvalue weighted by Crippen LogP contribution is 2.37. The van der Waals surface area contributed by atoms with Crippen molar-refractivity contribution >= 4 is 5.91 Å². The average molecular weight is 428 g/mol. The number of pyridine rings is 1. The Morgan fingerprint density at radius 2 is 1.62 bits per heavy atom. The molecule has 4 rings (SSSR count). The number of carbonyl (C=O) groups excluding carboxylic acids is 1. The fraction of sp³-hybridized carbons (Fsp3) is 0.357. The molecule has 1 amide bonds. The zero-order valence-electron chi connectivity index (χ0n) is 19.1. The highest BCUT2D eigenvalue weighted by atomic mass is 16.2. The lowest BCUT2D eigenvalue weighted by molar-refractivity contribution is -0.134. The number of nitrogens with one attached hydrogen (secondary N) is 1. The number of piperidine rings is 1. The van der Waals surface area contributed by atoms with E-state index in [1.807, 2.05) is 38.4 Å². The van der Waals surface area contributed by atoms with E-state index >= 15 is 0 Å². The third-order valence-electron chi connectivity index (χ3n) is 6.45. The summed E-state index contributed by atoms with van der Waals surface area (Å²) in [7, 11) is 0. The van der Waals surface area contributed by atoms with Gasteiger partial charge in [0.25, 0.3) is 0 Å². The van der Waals surface area contributed by atoms with Gasteiger partial charge < -0.3 is 5.32 Å². The molecule has 1 aromatic heterocycles. The van der Waals surface area contributed by atoms with Crippen LogP contribution in [0.2, 0.25) is 0 Å². The Labute approximate surface area is 191 Å². The monoisotopic (exact) mass is 427 g/mol. The van der Waals surface area contributed by atoms with Crippen molar-refractivity contribution in [2.24, 2.45) is 5.41 Å². The van der Waals surface area contributed by atoms with Gasteiger partial charge in [0.1, 0.15) is 0 Å². The summed E-state index contributed by atoms with van der Waals surface area (Å²) in [5, 5.41) is 3.22. The predicted molar refractivity (Wildman–Crippen MR) is 130 cm³/mol. The molecule has 0 saturated carbocycles. The summed E-state index contributed by atoms with van der Waals surface area (Å²) in [4.78, 5) is 20.0. The minimum Gasteiger partial charge on any atom is -0.353 e.